The summed E-state index contributed by atoms with van der Waals surface area (Å²) in [5.74, 6) is -0.117. The predicted octanol–water partition coefficient (Wildman–Crippen LogP) is 1.88. The van der Waals surface area contributed by atoms with Crippen LogP contribution < -0.4 is 0 Å². The Kier molecular flexibility index (Phi) is 5.55. The van der Waals surface area contributed by atoms with E-state index in [1.54, 1.807) is 14.0 Å². The van der Waals surface area contributed by atoms with Crippen molar-refractivity contribution in [2.45, 2.75) is 19.4 Å². The molecule has 1 aromatic carbocycles. The Hall–Kier alpha value is -0.880. The van der Waals surface area contributed by atoms with Crippen LogP contribution in [-0.4, -0.2) is 44.3 Å². The molecule has 1 amide bonds. The van der Waals surface area contributed by atoms with Crippen LogP contribution in [-0.2, 0) is 21.1 Å². The fourth-order valence-electron chi connectivity index (χ4n) is 1.73. The minimum Gasteiger partial charge on any atom is -0.342 e. The first kappa shape index (κ1) is 16.2. The zero-order valence-corrected chi connectivity index (χ0v) is 13.7. The van der Waals surface area contributed by atoms with Crippen LogP contribution in [0.4, 0.5) is 0 Å². The molecule has 0 aliphatic heterocycles. The molecule has 0 fully saturated rings. The fourth-order valence-corrected chi connectivity index (χ4v) is 3.25. The van der Waals surface area contributed by atoms with Crippen molar-refractivity contribution in [2.75, 3.05) is 19.1 Å². The Labute approximate surface area is 122 Å². The first-order valence-electron chi connectivity index (χ1n) is 5.87. The third-order valence-electron chi connectivity index (χ3n) is 2.90. The minimum absolute atomic E-state index is 0.0226. The van der Waals surface area contributed by atoms with E-state index in [0.29, 0.717) is 0 Å². The van der Waals surface area contributed by atoms with Gasteiger partial charge in [0, 0.05) is 23.8 Å². The van der Waals surface area contributed by atoms with Crippen molar-refractivity contribution in [1.82, 2.24) is 4.90 Å². The molecule has 1 atom stereocenters. The van der Waals surface area contributed by atoms with E-state index in [4.69, 9.17) is 0 Å². The van der Waals surface area contributed by atoms with Crippen LogP contribution in [0.15, 0.2) is 28.7 Å². The Balaban J connectivity index is 2.71. The Morgan fingerprint density at radius 3 is 2.47 bits per heavy atom. The molecule has 4 nitrogen and oxygen atoms in total. The average Bonchev–Trinajstić information content (AvgIpc) is 2.28. The molecule has 0 N–H and O–H groups in total. The fraction of sp³-hybridized carbons (Fsp3) is 0.462. The van der Waals surface area contributed by atoms with Crippen molar-refractivity contribution in [3.63, 3.8) is 0 Å². The van der Waals surface area contributed by atoms with Gasteiger partial charge in [-0.15, -0.1) is 0 Å². The number of carbonyl (C=O) groups excluding carboxylic acids is 1. The van der Waals surface area contributed by atoms with Gasteiger partial charge < -0.3 is 4.90 Å². The summed E-state index contributed by atoms with van der Waals surface area (Å²) < 4.78 is 23.4. The minimum atomic E-state index is -3.09. The first-order chi connectivity index (χ1) is 8.70. The van der Waals surface area contributed by atoms with Crippen LogP contribution in [0.2, 0.25) is 0 Å². The predicted molar refractivity (Wildman–Crippen MR) is 79.8 cm³/mol. The molecule has 0 aromatic heterocycles. The summed E-state index contributed by atoms with van der Waals surface area (Å²) >= 11 is 3.39. The number of amides is 1. The topological polar surface area (TPSA) is 54.5 Å². The van der Waals surface area contributed by atoms with Gasteiger partial charge in [0.05, 0.1) is 12.2 Å². The van der Waals surface area contributed by atoms with Crippen LogP contribution >= 0.6 is 15.9 Å². The van der Waals surface area contributed by atoms with E-state index in [9.17, 15) is 13.2 Å². The summed E-state index contributed by atoms with van der Waals surface area (Å²) in [5.41, 5.74) is 0.894. The van der Waals surface area contributed by atoms with Crippen LogP contribution in [0.5, 0.6) is 0 Å². The molecule has 0 radical (unpaired) electrons. The van der Waals surface area contributed by atoms with Gasteiger partial charge in [-0.2, -0.15) is 0 Å². The number of rotatable bonds is 5. The molecule has 0 aliphatic rings. The van der Waals surface area contributed by atoms with Gasteiger partial charge in [0.1, 0.15) is 9.84 Å². The lowest BCUT2D eigenvalue weighted by Crippen LogP contribution is -2.40. The van der Waals surface area contributed by atoms with Crippen molar-refractivity contribution < 1.29 is 13.2 Å². The smallest absolute Gasteiger partial charge is 0.227 e. The lowest BCUT2D eigenvalue weighted by Gasteiger charge is -2.24. The molecule has 0 aliphatic carbocycles. The maximum absolute atomic E-state index is 12.1. The van der Waals surface area contributed by atoms with Crippen LogP contribution in [0.25, 0.3) is 0 Å². The van der Waals surface area contributed by atoms with Gasteiger partial charge in [-0.05, 0) is 18.6 Å². The largest absolute Gasteiger partial charge is 0.342 e. The summed E-state index contributed by atoms with van der Waals surface area (Å²) in [6, 6.07) is 7.17. The second kappa shape index (κ2) is 6.52. The second-order valence-electron chi connectivity index (χ2n) is 4.71. The summed E-state index contributed by atoms with van der Waals surface area (Å²) in [6.45, 7) is 1.74. The summed E-state index contributed by atoms with van der Waals surface area (Å²) in [4.78, 5) is 13.6. The van der Waals surface area contributed by atoms with Crippen molar-refractivity contribution in [2.24, 2.45) is 0 Å². The summed E-state index contributed by atoms with van der Waals surface area (Å²) in [5, 5.41) is 0. The first-order valence-corrected chi connectivity index (χ1v) is 8.73. The van der Waals surface area contributed by atoms with Gasteiger partial charge in [0.15, 0.2) is 0 Å². The third kappa shape index (κ3) is 5.32. The van der Waals surface area contributed by atoms with Crippen LogP contribution in [0.1, 0.15) is 12.5 Å². The van der Waals surface area contributed by atoms with Crippen molar-refractivity contribution >= 4 is 31.7 Å². The molecular weight excluding hydrogens is 330 g/mol. The lowest BCUT2D eigenvalue weighted by atomic mass is 10.1. The quantitative estimate of drug-likeness (QED) is 0.817. The van der Waals surface area contributed by atoms with Crippen molar-refractivity contribution in [3.8, 4) is 0 Å². The van der Waals surface area contributed by atoms with Gasteiger partial charge in [-0.25, -0.2) is 8.42 Å². The molecular formula is C13H18BrNO3S. The molecule has 0 heterocycles. The highest BCUT2D eigenvalue weighted by molar-refractivity contribution is 9.10. The average molecular weight is 348 g/mol. The number of carbonyl (C=O) groups is 1. The van der Waals surface area contributed by atoms with E-state index in [2.05, 4.69) is 15.9 Å². The number of sulfone groups is 1. The molecule has 0 saturated carbocycles. The molecule has 0 unspecified atom stereocenters. The molecule has 0 saturated heterocycles. The van der Waals surface area contributed by atoms with Gasteiger partial charge in [0.2, 0.25) is 5.91 Å². The van der Waals surface area contributed by atoms with Gasteiger partial charge in [-0.3, -0.25) is 4.79 Å². The van der Waals surface area contributed by atoms with Crippen molar-refractivity contribution in [3.05, 3.63) is 34.3 Å². The van der Waals surface area contributed by atoms with Crippen LogP contribution in [0, 0.1) is 0 Å². The molecule has 0 spiro atoms. The zero-order valence-electron chi connectivity index (χ0n) is 11.3. The molecule has 19 heavy (non-hydrogen) atoms. The second-order valence-corrected chi connectivity index (χ2v) is 7.75. The summed E-state index contributed by atoms with van der Waals surface area (Å²) in [6.07, 6.45) is 1.43. The van der Waals surface area contributed by atoms with E-state index in [0.717, 1.165) is 10.0 Å². The molecule has 0 bridgehead atoms. The number of halogens is 1. The standard InChI is InChI=1S/C13H18BrNO3S/c1-10(9-19(3,17)18)15(2)13(16)8-11-6-4-5-7-12(11)14/h4-7,10H,8-9H2,1-3H3/t10-/m1/s1. The highest BCUT2D eigenvalue weighted by Crippen LogP contribution is 2.17. The molecule has 1 aromatic rings. The number of benzene rings is 1. The number of hydrogen-bond acceptors (Lipinski definition) is 3. The SMILES string of the molecule is C[C@H](CS(C)(=O)=O)N(C)C(=O)Cc1ccccc1Br. The Bertz CT molecular complexity index is 557. The molecule has 106 valence electrons. The van der Waals surface area contributed by atoms with E-state index in [1.807, 2.05) is 24.3 Å². The Morgan fingerprint density at radius 2 is 1.95 bits per heavy atom. The monoisotopic (exact) mass is 347 g/mol. The van der Waals surface area contributed by atoms with Gasteiger partial charge in [0.25, 0.3) is 0 Å². The van der Waals surface area contributed by atoms with Crippen LogP contribution in [0.3, 0.4) is 0 Å². The number of hydrogen-bond donors (Lipinski definition) is 0. The van der Waals surface area contributed by atoms with E-state index >= 15 is 0 Å². The zero-order chi connectivity index (χ0) is 14.6. The van der Waals surface area contributed by atoms with Gasteiger partial charge in [-0.1, -0.05) is 34.1 Å². The van der Waals surface area contributed by atoms with E-state index in [-0.39, 0.29) is 24.1 Å². The van der Waals surface area contributed by atoms with Gasteiger partial charge >= 0.3 is 0 Å². The van der Waals surface area contributed by atoms with E-state index in [1.165, 1.54) is 11.2 Å². The molecule has 6 heteroatoms. The summed E-state index contributed by atoms with van der Waals surface area (Å²) in [7, 11) is -1.45. The lowest BCUT2D eigenvalue weighted by molar-refractivity contribution is -0.130. The van der Waals surface area contributed by atoms with E-state index < -0.39 is 9.84 Å². The highest BCUT2D eigenvalue weighted by Gasteiger charge is 2.20. The number of nitrogens with zero attached hydrogens (tertiary/aromatic N) is 1. The van der Waals surface area contributed by atoms with Crippen molar-refractivity contribution in [1.29, 1.82) is 0 Å². The highest BCUT2D eigenvalue weighted by atomic mass is 79.9. The normalized spacial score (nSPS) is 13.1. The molecule has 1 rings (SSSR count). The third-order valence-corrected chi connectivity index (χ3v) is 4.76. The number of likely N-dealkylation sites (N-methyl/N-ethyl adjacent to an activating group) is 1. The maximum atomic E-state index is 12.1. The maximum Gasteiger partial charge on any atom is 0.227 e. The Morgan fingerprint density at radius 1 is 1.37 bits per heavy atom.